The summed E-state index contributed by atoms with van der Waals surface area (Å²) in [4.78, 5) is 28.0. The molecule has 1 N–H and O–H groups in total. The van der Waals surface area contributed by atoms with Crippen LogP contribution in [0.1, 0.15) is 38.2 Å². The van der Waals surface area contributed by atoms with Gasteiger partial charge in [-0.25, -0.2) is 8.42 Å². The van der Waals surface area contributed by atoms with Gasteiger partial charge >= 0.3 is 0 Å². The fourth-order valence-corrected chi connectivity index (χ4v) is 5.68. The fourth-order valence-electron chi connectivity index (χ4n) is 4.06. The molecule has 190 valence electrons. The van der Waals surface area contributed by atoms with Crippen LogP contribution < -0.4 is 9.62 Å². The lowest BCUT2D eigenvalue weighted by atomic mass is 10.1. The molecule has 1 aliphatic rings. The number of nitrogens with zero attached hydrogens (tertiary/aromatic N) is 2. The Labute approximate surface area is 221 Å². The summed E-state index contributed by atoms with van der Waals surface area (Å²) in [5, 5.41) is 3.86. The Balaban J connectivity index is 1.91. The second kappa shape index (κ2) is 11.8. The van der Waals surface area contributed by atoms with E-state index in [1.807, 2.05) is 0 Å². The highest BCUT2D eigenvalue weighted by Crippen LogP contribution is 2.31. The van der Waals surface area contributed by atoms with Crippen LogP contribution in [0.5, 0.6) is 0 Å². The molecule has 3 rings (SSSR count). The first-order chi connectivity index (χ1) is 16.5. The van der Waals surface area contributed by atoms with Crippen LogP contribution in [0.15, 0.2) is 42.5 Å². The predicted octanol–water partition coefficient (Wildman–Crippen LogP) is 4.89. The Morgan fingerprint density at radius 2 is 1.71 bits per heavy atom. The van der Waals surface area contributed by atoms with Gasteiger partial charge in [0.05, 0.1) is 17.0 Å². The molecule has 1 aliphatic carbocycles. The molecular weight excluding hydrogens is 533 g/mol. The molecule has 0 bridgehead atoms. The SMILES string of the molecule is C[C@H](C(=O)NC1CCCC1)N(Cc1ccccc1Cl)C(=O)CN(c1ccc(Cl)cc1Cl)S(C)(=O)=O. The van der Waals surface area contributed by atoms with Gasteiger partial charge in [-0.05, 0) is 49.6 Å². The molecule has 0 radical (unpaired) electrons. The highest BCUT2D eigenvalue weighted by atomic mass is 35.5. The molecule has 2 aromatic rings. The van der Waals surface area contributed by atoms with Crippen LogP contribution >= 0.6 is 34.8 Å². The molecule has 0 saturated heterocycles. The highest BCUT2D eigenvalue weighted by Gasteiger charge is 2.32. The highest BCUT2D eigenvalue weighted by molar-refractivity contribution is 7.92. The van der Waals surface area contributed by atoms with E-state index < -0.39 is 28.5 Å². The number of nitrogens with one attached hydrogen (secondary N) is 1. The molecule has 0 heterocycles. The smallest absolute Gasteiger partial charge is 0.244 e. The third-order valence-electron chi connectivity index (χ3n) is 6.02. The number of hydrogen-bond acceptors (Lipinski definition) is 4. The minimum Gasteiger partial charge on any atom is -0.352 e. The van der Waals surface area contributed by atoms with Gasteiger partial charge in [-0.1, -0.05) is 65.8 Å². The van der Waals surface area contributed by atoms with E-state index in [1.54, 1.807) is 31.2 Å². The number of carbonyl (C=O) groups is 2. The van der Waals surface area contributed by atoms with Crippen molar-refractivity contribution in [3.63, 3.8) is 0 Å². The van der Waals surface area contributed by atoms with E-state index >= 15 is 0 Å². The molecule has 35 heavy (non-hydrogen) atoms. The summed E-state index contributed by atoms with van der Waals surface area (Å²) in [5.41, 5.74) is 0.756. The van der Waals surface area contributed by atoms with Crippen molar-refractivity contribution >= 4 is 62.3 Å². The largest absolute Gasteiger partial charge is 0.352 e. The van der Waals surface area contributed by atoms with E-state index in [0.29, 0.717) is 15.6 Å². The lowest BCUT2D eigenvalue weighted by Crippen LogP contribution is -2.52. The van der Waals surface area contributed by atoms with Gasteiger partial charge < -0.3 is 10.2 Å². The van der Waals surface area contributed by atoms with Crippen LogP contribution in [0.3, 0.4) is 0 Å². The van der Waals surface area contributed by atoms with Crippen LogP contribution in [0.4, 0.5) is 5.69 Å². The number of amides is 2. The average Bonchev–Trinajstić information content (AvgIpc) is 3.29. The second-order valence-electron chi connectivity index (χ2n) is 8.64. The Kier molecular flexibility index (Phi) is 9.32. The number of halogens is 3. The van der Waals surface area contributed by atoms with Crippen molar-refractivity contribution in [2.75, 3.05) is 17.1 Å². The molecule has 7 nitrogen and oxygen atoms in total. The summed E-state index contributed by atoms with van der Waals surface area (Å²) in [6.07, 6.45) is 4.88. The molecule has 0 unspecified atom stereocenters. The van der Waals surface area contributed by atoms with Gasteiger partial charge in [-0.2, -0.15) is 0 Å². The predicted molar refractivity (Wildman–Crippen MR) is 141 cm³/mol. The lowest BCUT2D eigenvalue weighted by molar-refractivity contribution is -0.139. The van der Waals surface area contributed by atoms with E-state index in [2.05, 4.69) is 5.32 Å². The summed E-state index contributed by atoms with van der Waals surface area (Å²) >= 11 is 18.5. The Morgan fingerprint density at radius 3 is 2.31 bits per heavy atom. The van der Waals surface area contributed by atoms with Crippen molar-refractivity contribution in [3.05, 3.63) is 63.1 Å². The number of benzene rings is 2. The molecule has 2 aromatic carbocycles. The maximum absolute atomic E-state index is 13.6. The van der Waals surface area contributed by atoms with Crippen molar-refractivity contribution < 1.29 is 18.0 Å². The standard InChI is InChI=1S/C24H28Cl3N3O4S/c1-16(24(32)28-19-8-4-5-9-19)29(14-17-7-3-6-10-20(17)26)23(31)15-30(35(2,33)34)22-12-11-18(25)13-21(22)27/h3,6-7,10-13,16,19H,4-5,8-9,14-15H2,1-2H3,(H,28,32)/t16-/m1/s1. The van der Waals surface area contributed by atoms with Gasteiger partial charge in [0.1, 0.15) is 12.6 Å². The van der Waals surface area contributed by atoms with Gasteiger partial charge in [0.25, 0.3) is 0 Å². The number of sulfonamides is 1. The summed E-state index contributed by atoms with van der Waals surface area (Å²) in [5.74, 6) is -0.872. The Morgan fingerprint density at radius 1 is 1.06 bits per heavy atom. The van der Waals surface area contributed by atoms with Crippen LogP contribution in [0.2, 0.25) is 15.1 Å². The van der Waals surface area contributed by atoms with Crippen molar-refractivity contribution in [2.45, 2.75) is 51.2 Å². The second-order valence-corrected chi connectivity index (χ2v) is 11.8. The van der Waals surface area contributed by atoms with Crippen molar-refractivity contribution in [1.82, 2.24) is 10.2 Å². The maximum Gasteiger partial charge on any atom is 0.244 e. The zero-order chi connectivity index (χ0) is 25.8. The van der Waals surface area contributed by atoms with Crippen LogP contribution in [-0.2, 0) is 26.2 Å². The molecule has 0 aromatic heterocycles. The lowest BCUT2D eigenvalue weighted by Gasteiger charge is -2.32. The zero-order valence-electron chi connectivity index (χ0n) is 19.5. The third kappa shape index (κ3) is 7.26. The Bertz CT molecular complexity index is 1190. The van der Waals surface area contributed by atoms with Gasteiger partial charge in [-0.3, -0.25) is 13.9 Å². The summed E-state index contributed by atoms with van der Waals surface area (Å²) in [6.45, 7) is 1.11. The first-order valence-electron chi connectivity index (χ1n) is 11.2. The quantitative estimate of drug-likeness (QED) is 0.473. The Hall–Kier alpha value is -2.00. The fraction of sp³-hybridized carbons (Fsp3) is 0.417. The summed E-state index contributed by atoms with van der Waals surface area (Å²) in [6, 6.07) is 10.5. The van der Waals surface area contributed by atoms with Crippen LogP contribution in [0, 0.1) is 0 Å². The monoisotopic (exact) mass is 559 g/mol. The summed E-state index contributed by atoms with van der Waals surface area (Å²) in [7, 11) is -3.90. The van der Waals surface area contributed by atoms with Crippen LogP contribution in [-0.4, -0.2) is 50.0 Å². The number of rotatable bonds is 9. The van der Waals surface area contributed by atoms with Crippen molar-refractivity contribution in [3.8, 4) is 0 Å². The molecule has 0 spiro atoms. The van der Waals surface area contributed by atoms with E-state index in [1.165, 1.54) is 23.1 Å². The molecule has 0 aliphatic heterocycles. The molecule has 1 fully saturated rings. The van der Waals surface area contributed by atoms with E-state index in [0.717, 1.165) is 36.2 Å². The number of anilines is 1. The van der Waals surface area contributed by atoms with E-state index in [9.17, 15) is 18.0 Å². The minimum absolute atomic E-state index is 0.0315. The molecular formula is C24H28Cl3N3O4S. The van der Waals surface area contributed by atoms with Gasteiger partial charge in [0, 0.05) is 22.6 Å². The molecule has 1 atom stereocenters. The van der Waals surface area contributed by atoms with Gasteiger partial charge in [0.15, 0.2) is 0 Å². The summed E-state index contributed by atoms with van der Waals surface area (Å²) < 4.78 is 26.2. The normalized spacial score (nSPS) is 15.0. The van der Waals surface area contributed by atoms with E-state index in [-0.39, 0.29) is 29.2 Å². The molecule has 2 amide bonds. The maximum atomic E-state index is 13.6. The van der Waals surface area contributed by atoms with Crippen LogP contribution in [0.25, 0.3) is 0 Å². The molecule has 11 heteroatoms. The zero-order valence-corrected chi connectivity index (χ0v) is 22.6. The minimum atomic E-state index is -3.90. The van der Waals surface area contributed by atoms with Crippen molar-refractivity contribution in [2.24, 2.45) is 0 Å². The average molecular weight is 561 g/mol. The van der Waals surface area contributed by atoms with Crippen molar-refractivity contribution in [1.29, 1.82) is 0 Å². The van der Waals surface area contributed by atoms with E-state index in [4.69, 9.17) is 34.8 Å². The third-order valence-corrected chi connectivity index (χ3v) is 8.06. The molecule has 1 saturated carbocycles. The number of hydrogen-bond donors (Lipinski definition) is 1. The number of carbonyl (C=O) groups excluding carboxylic acids is 2. The van der Waals surface area contributed by atoms with Gasteiger partial charge in [-0.15, -0.1) is 0 Å². The first-order valence-corrected chi connectivity index (χ1v) is 14.2. The topological polar surface area (TPSA) is 86.8 Å². The first kappa shape index (κ1) is 27.6. The van der Waals surface area contributed by atoms with Gasteiger partial charge in [0.2, 0.25) is 21.8 Å².